The quantitative estimate of drug-likeness (QED) is 0.917. The Morgan fingerprint density at radius 1 is 1.19 bits per heavy atom. The number of anilines is 1. The van der Waals surface area contributed by atoms with Crippen LogP contribution in [0.25, 0.3) is 0 Å². The average Bonchev–Trinajstić information content (AvgIpc) is 2.67. The maximum absolute atomic E-state index is 11.9. The van der Waals surface area contributed by atoms with Crippen LogP contribution in [-0.4, -0.2) is 48.8 Å². The van der Waals surface area contributed by atoms with Gasteiger partial charge in [0.2, 0.25) is 0 Å². The lowest BCUT2D eigenvalue weighted by molar-refractivity contribution is -0.143. The van der Waals surface area contributed by atoms with Crippen molar-refractivity contribution in [3.63, 3.8) is 0 Å². The number of hydrogen-bond acceptors (Lipinski definition) is 4. The molecule has 0 spiro atoms. The van der Waals surface area contributed by atoms with Crippen molar-refractivity contribution in [2.45, 2.75) is 19.0 Å². The Hall–Kier alpha value is -2.53. The van der Waals surface area contributed by atoms with Gasteiger partial charge in [0.1, 0.15) is 5.75 Å². The summed E-state index contributed by atoms with van der Waals surface area (Å²) in [7, 11) is 1.67. The highest BCUT2D eigenvalue weighted by molar-refractivity contribution is 5.75. The molecular weight excluding hydrogens is 328 g/mol. The van der Waals surface area contributed by atoms with E-state index in [9.17, 15) is 9.90 Å². The summed E-state index contributed by atoms with van der Waals surface area (Å²) in [5.41, 5.74) is 3.50. The summed E-state index contributed by atoms with van der Waals surface area (Å²) in [4.78, 5) is 16.6. The first-order valence-corrected chi connectivity index (χ1v) is 9.08. The van der Waals surface area contributed by atoms with Gasteiger partial charge in [-0.1, -0.05) is 36.4 Å². The smallest absolute Gasteiger partial charge is 0.308 e. The molecular formula is C21H24N2O3. The number of ether oxygens (including phenoxy) is 1. The standard InChI is InChI=1S/C21H24N2O3/c1-26-17-8-7-16-11-18(21(24)25)20-14-22(9-10-23(20)19(16)12-17)13-15-5-3-2-4-6-15/h2-8,12,18,20H,9-11,13-14H2,1H3,(H,24,25). The summed E-state index contributed by atoms with van der Waals surface area (Å²) in [5, 5.41) is 9.81. The van der Waals surface area contributed by atoms with Crippen molar-refractivity contribution in [1.82, 2.24) is 4.90 Å². The Morgan fingerprint density at radius 2 is 2.00 bits per heavy atom. The van der Waals surface area contributed by atoms with E-state index in [-0.39, 0.29) is 12.0 Å². The zero-order valence-corrected chi connectivity index (χ0v) is 15.0. The summed E-state index contributed by atoms with van der Waals surface area (Å²) in [5.74, 6) is -0.263. The normalized spacial score (nSPS) is 22.4. The first kappa shape index (κ1) is 16.9. The number of nitrogens with zero attached hydrogens (tertiary/aromatic N) is 2. The number of aliphatic carboxylic acids is 1. The van der Waals surface area contributed by atoms with Crippen LogP contribution in [0, 0.1) is 5.92 Å². The van der Waals surface area contributed by atoms with Gasteiger partial charge in [-0.15, -0.1) is 0 Å². The van der Waals surface area contributed by atoms with Crippen LogP contribution in [0.1, 0.15) is 11.1 Å². The van der Waals surface area contributed by atoms with Crippen LogP contribution in [-0.2, 0) is 17.8 Å². The SMILES string of the molecule is COc1ccc2c(c1)N1CCN(Cc3ccccc3)CC1C(C(=O)O)C2. The maximum Gasteiger partial charge on any atom is 0.308 e. The molecule has 5 nitrogen and oxygen atoms in total. The second-order valence-electron chi connectivity index (χ2n) is 7.12. The van der Waals surface area contributed by atoms with Crippen molar-refractivity contribution in [1.29, 1.82) is 0 Å². The summed E-state index contributed by atoms with van der Waals surface area (Å²) in [6.07, 6.45) is 0.578. The van der Waals surface area contributed by atoms with Gasteiger partial charge in [-0.05, 0) is 23.6 Å². The van der Waals surface area contributed by atoms with Crippen LogP contribution in [0.4, 0.5) is 5.69 Å². The molecule has 0 saturated carbocycles. The highest BCUT2D eigenvalue weighted by Crippen LogP contribution is 2.38. The lowest BCUT2D eigenvalue weighted by Gasteiger charge is -2.48. The Kier molecular flexibility index (Phi) is 4.55. The lowest BCUT2D eigenvalue weighted by Crippen LogP contribution is -2.59. The van der Waals surface area contributed by atoms with E-state index in [1.54, 1.807) is 7.11 Å². The summed E-state index contributed by atoms with van der Waals surface area (Å²) in [6.45, 7) is 3.39. The van der Waals surface area contributed by atoms with Gasteiger partial charge in [0.05, 0.1) is 19.1 Å². The molecule has 1 saturated heterocycles. The van der Waals surface area contributed by atoms with Crippen LogP contribution >= 0.6 is 0 Å². The molecule has 1 N–H and O–H groups in total. The number of carboxylic acids is 1. The van der Waals surface area contributed by atoms with Crippen molar-refractivity contribution < 1.29 is 14.6 Å². The molecule has 2 aliphatic heterocycles. The summed E-state index contributed by atoms with van der Waals surface area (Å²) < 4.78 is 5.38. The van der Waals surface area contributed by atoms with Gasteiger partial charge >= 0.3 is 5.97 Å². The number of carboxylic acid groups (broad SMARTS) is 1. The molecule has 1 fully saturated rings. The molecule has 0 radical (unpaired) electrons. The molecule has 2 unspecified atom stereocenters. The zero-order chi connectivity index (χ0) is 18.1. The highest BCUT2D eigenvalue weighted by atomic mass is 16.5. The molecule has 2 atom stereocenters. The van der Waals surface area contributed by atoms with Gasteiger partial charge in [-0.2, -0.15) is 0 Å². The third-order valence-electron chi connectivity index (χ3n) is 5.58. The predicted molar refractivity (Wildman–Crippen MR) is 101 cm³/mol. The average molecular weight is 352 g/mol. The number of fused-ring (bicyclic) bond motifs is 3. The number of methoxy groups -OCH3 is 1. The summed E-state index contributed by atoms with van der Waals surface area (Å²) in [6, 6.07) is 16.3. The van der Waals surface area contributed by atoms with Crippen molar-refractivity contribution >= 4 is 11.7 Å². The largest absolute Gasteiger partial charge is 0.497 e. The van der Waals surface area contributed by atoms with Gasteiger partial charge < -0.3 is 14.7 Å². The van der Waals surface area contributed by atoms with Gasteiger partial charge in [0.25, 0.3) is 0 Å². The van der Waals surface area contributed by atoms with Gasteiger partial charge in [-0.3, -0.25) is 9.69 Å². The highest BCUT2D eigenvalue weighted by Gasteiger charge is 2.41. The molecule has 0 aliphatic carbocycles. The summed E-state index contributed by atoms with van der Waals surface area (Å²) >= 11 is 0. The minimum absolute atomic E-state index is 0.00966. The van der Waals surface area contributed by atoms with Crippen LogP contribution in [0.3, 0.4) is 0 Å². The van der Waals surface area contributed by atoms with E-state index in [1.165, 1.54) is 5.56 Å². The topological polar surface area (TPSA) is 53.0 Å². The fourth-order valence-corrected chi connectivity index (χ4v) is 4.23. The molecule has 2 aromatic carbocycles. The molecule has 0 bridgehead atoms. The Labute approximate surface area is 153 Å². The Balaban J connectivity index is 1.60. The first-order chi connectivity index (χ1) is 12.7. The van der Waals surface area contributed by atoms with Crippen LogP contribution in [0.5, 0.6) is 5.75 Å². The number of rotatable bonds is 4. The van der Waals surface area contributed by atoms with E-state index in [0.29, 0.717) is 6.42 Å². The molecule has 0 amide bonds. The zero-order valence-electron chi connectivity index (χ0n) is 15.0. The molecule has 136 valence electrons. The number of benzene rings is 2. The third kappa shape index (κ3) is 3.15. The molecule has 2 heterocycles. The number of hydrogen-bond donors (Lipinski definition) is 1. The van der Waals surface area contributed by atoms with Crippen molar-refractivity contribution in [2.24, 2.45) is 5.92 Å². The van der Waals surface area contributed by atoms with E-state index < -0.39 is 5.97 Å². The Morgan fingerprint density at radius 3 is 2.73 bits per heavy atom. The second-order valence-corrected chi connectivity index (χ2v) is 7.12. The van der Waals surface area contributed by atoms with Gasteiger partial charge in [-0.25, -0.2) is 0 Å². The lowest BCUT2D eigenvalue weighted by atomic mass is 9.84. The van der Waals surface area contributed by atoms with Crippen molar-refractivity contribution in [3.05, 3.63) is 59.7 Å². The number of piperazine rings is 1. The minimum Gasteiger partial charge on any atom is -0.497 e. The molecule has 0 aromatic heterocycles. The van der Waals surface area contributed by atoms with Crippen LogP contribution in [0.2, 0.25) is 0 Å². The molecule has 2 aliphatic rings. The number of carbonyl (C=O) groups is 1. The third-order valence-corrected chi connectivity index (χ3v) is 5.58. The van der Waals surface area contributed by atoms with E-state index in [0.717, 1.165) is 43.2 Å². The van der Waals surface area contributed by atoms with Gasteiger partial charge in [0, 0.05) is 37.9 Å². The first-order valence-electron chi connectivity index (χ1n) is 9.08. The molecule has 5 heteroatoms. The molecule has 4 rings (SSSR count). The van der Waals surface area contributed by atoms with E-state index in [4.69, 9.17) is 4.74 Å². The fourth-order valence-electron chi connectivity index (χ4n) is 4.23. The predicted octanol–water partition coefficient (Wildman–Crippen LogP) is 2.64. The van der Waals surface area contributed by atoms with Crippen LogP contribution in [0.15, 0.2) is 48.5 Å². The van der Waals surface area contributed by atoms with Crippen molar-refractivity contribution in [2.75, 3.05) is 31.6 Å². The van der Waals surface area contributed by atoms with E-state index >= 15 is 0 Å². The molecule has 2 aromatic rings. The molecule has 26 heavy (non-hydrogen) atoms. The van der Waals surface area contributed by atoms with Gasteiger partial charge in [0.15, 0.2) is 0 Å². The van der Waals surface area contributed by atoms with E-state index in [1.807, 2.05) is 24.3 Å². The fraction of sp³-hybridized carbons (Fsp3) is 0.381. The maximum atomic E-state index is 11.9. The van der Waals surface area contributed by atoms with E-state index in [2.05, 4.69) is 34.1 Å². The van der Waals surface area contributed by atoms with Crippen molar-refractivity contribution in [3.8, 4) is 5.75 Å². The minimum atomic E-state index is -0.706. The van der Waals surface area contributed by atoms with Crippen LogP contribution < -0.4 is 9.64 Å². The Bertz CT molecular complexity index is 793. The monoisotopic (exact) mass is 352 g/mol. The second kappa shape index (κ2) is 7.00.